The summed E-state index contributed by atoms with van der Waals surface area (Å²) >= 11 is 0. The van der Waals surface area contributed by atoms with E-state index in [1.807, 2.05) is 19.1 Å². The van der Waals surface area contributed by atoms with Crippen LogP contribution >= 0.6 is 0 Å². The first-order valence-corrected chi connectivity index (χ1v) is 10.5. The van der Waals surface area contributed by atoms with Gasteiger partial charge < -0.3 is 14.4 Å². The zero-order valence-corrected chi connectivity index (χ0v) is 16.5. The summed E-state index contributed by atoms with van der Waals surface area (Å²) in [7, 11) is -2.05. The molecule has 0 saturated carbocycles. The number of sulfonamides is 1. The van der Waals surface area contributed by atoms with Crippen molar-refractivity contribution in [3.05, 3.63) is 53.9 Å². The van der Waals surface area contributed by atoms with Crippen molar-refractivity contribution >= 4 is 10.0 Å². The van der Waals surface area contributed by atoms with Gasteiger partial charge in [-0.15, -0.1) is 0 Å². The maximum Gasteiger partial charge on any atom is 0.240 e. The van der Waals surface area contributed by atoms with Crippen molar-refractivity contribution in [3.8, 4) is 5.75 Å². The quantitative estimate of drug-likeness (QED) is 0.710. The zero-order valence-electron chi connectivity index (χ0n) is 15.6. The summed E-state index contributed by atoms with van der Waals surface area (Å²) in [6.07, 6.45) is 3.53. The van der Waals surface area contributed by atoms with Crippen molar-refractivity contribution in [2.75, 3.05) is 40.0 Å². The van der Waals surface area contributed by atoms with E-state index in [1.165, 1.54) is 4.90 Å². The highest BCUT2D eigenvalue weighted by molar-refractivity contribution is 7.89. The highest BCUT2D eigenvalue weighted by atomic mass is 32.2. The number of aromatic nitrogens is 1. The Kier molecular flexibility index (Phi) is 6.43. The first-order chi connectivity index (χ1) is 13.0. The van der Waals surface area contributed by atoms with Crippen LogP contribution in [0.1, 0.15) is 17.2 Å². The number of nitrogens with one attached hydrogen (secondary N) is 2. The second-order valence-electron chi connectivity index (χ2n) is 6.59. The molecule has 1 fully saturated rings. The highest BCUT2D eigenvalue weighted by Crippen LogP contribution is 2.21. The predicted octanol–water partition coefficient (Wildman–Crippen LogP) is 0.333. The second-order valence-corrected chi connectivity index (χ2v) is 8.36. The van der Waals surface area contributed by atoms with Crippen molar-refractivity contribution in [1.29, 1.82) is 0 Å². The molecule has 2 aromatic rings. The number of benzene rings is 1. The molecule has 1 aliphatic heterocycles. The van der Waals surface area contributed by atoms with E-state index in [2.05, 4.69) is 9.71 Å². The maximum atomic E-state index is 12.8. The molecule has 8 heteroatoms. The van der Waals surface area contributed by atoms with Crippen LogP contribution in [0.25, 0.3) is 0 Å². The number of ether oxygens (including phenoxy) is 2. The van der Waals surface area contributed by atoms with E-state index in [4.69, 9.17) is 9.47 Å². The molecule has 0 aliphatic carbocycles. The molecule has 1 atom stereocenters. The molecule has 2 N–H and O–H groups in total. The Hall–Kier alpha value is -2.00. The van der Waals surface area contributed by atoms with Gasteiger partial charge in [-0.05, 0) is 42.8 Å². The SMILES string of the molecule is COc1ccc(S(=O)(=O)NCC(c2cccnc2)[NH+]2CCOCC2)cc1C. The van der Waals surface area contributed by atoms with Gasteiger partial charge in [0.15, 0.2) is 0 Å². The van der Waals surface area contributed by atoms with E-state index in [-0.39, 0.29) is 10.9 Å². The Balaban J connectivity index is 1.78. The number of morpholine rings is 1. The van der Waals surface area contributed by atoms with Gasteiger partial charge in [0.2, 0.25) is 10.0 Å². The Morgan fingerprint density at radius 1 is 1.30 bits per heavy atom. The van der Waals surface area contributed by atoms with Gasteiger partial charge in [0.25, 0.3) is 0 Å². The molecule has 1 unspecified atom stereocenters. The third kappa shape index (κ3) is 4.84. The maximum absolute atomic E-state index is 12.8. The van der Waals surface area contributed by atoms with Crippen molar-refractivity contribution in [2.24, 2.45) is 0 Å². The largest absolute Gasteiger partial charge is 0.496 e. The summed E-state index contributed by atoms with van der Waals surface area (Å²) in [6.45, 7) is 5.15. The molecule has 3 rings (SSSR count). The van der Waals surface area contributed by atoms with E-state index >= 15 is 0 Å². The molecule has 27 heavy (non-hydrogen) atoms. The van der Waals surface area contributed by atoms with E-state index in [1.54, 1.807) is 37.7 Å². The monoisotopic (exact) mass is 392 g/mol. The fraction of sp³-hybridized carbons (Fsp3) is 0.421. The van der Waals surface area contributed by atoms with Crippen LogP contribution in [-0.4, -0.2) is 53.4 Å². The van der Waals surface area contributed by atoms with Crippen LogP contribution in [-0.2, 0) is 14.8 Å². The third-order valence-corrected chi connectivity index (χ3v) is 6.29. The van der Waals surface area contributed by atoms with Gasteiger partial charge in [0, 0.05) is 18.0 Å². The van der Waals surface area contributed by atoms with Gasteiger partial charge in [0.05, 0.1) is 31.8 Å². The Labute approximate surface area is 160 Å². The summed E-state index contributed by atoms with van der Waals surface area (Å²) in [4.78, 5) is 5.73. The van der Waals surface area contributed by atoms with Crippen LogP contribution in [0.5, 0.6) is 5.75 Å². The number of methoxy groups -OCH3 is 1. The van der Waals surface area contributed by atoms with E-state index in [0.29, 0.717) is 25.5 Å². The average Bonchev–Trinajstić information content (AvgIpc) is 2.69. The molecule has 7 nitrogen and oxygen atoms in total. The van der Waals surface area contributed by atoms with Crippen molar-refractivity contribution in [3.63, 3.8) is 0 Å². The van der Waals surface area contributed by atoms with Crippen LogP contribution in [0.2, 0.25) is 0 Å². The Bertz CT molecular complexity index is 853. The summed E-state index contributed by atoms with van der Waals surface area (Å²) in [6, 6.07) is 8.72. The van der Waals surface area contributed by atoms with Crippen LogP contribution in [0.3, 0.4) is 0 Å². The molecule has 0 bridgehead atoms. The minimum atomic E-state index is -3.62. The summed E-state index contributed by atoms with van der Waals surface area (Å²) in [5.41, 5.74) is 1.80. The standard InChI is InChI=1S/C19H25N3O4S/c1-15-12-17(5-6-19(15)25-2)27(23,24)21-14-18(16-4-3-7-20-13-16)22-8-10-26-11-9-22/h3-7,12-13,18,21H,8-11,14H2,1-2H3/p+1. The molecule has 0 radical (unpaired) electrons. The van der Waals surface area contributed by atoms with Gasteiger partial charge in [0.1, 0.15) is 24.9 Å². The molecule has 1 aromatic heterocycles. The van der Waals surface area contributed by atoms with Crippen LogP contribution < -0.4 is 14.4 Å². The number of nitrogens with zero attached hydrogens (tertiary/aromatic N) is 1. The molecular formula is C19H26N3O4S+. The number of rotatable bonds is 7. The third-order valence-electron chi connectivity index (χ3n) is 4.87. The first kappa shape index (κ1) is 19.8. The number of quaternary nitrogens is 1. The smallest absolute Gasteiger partial charge is 0.240 e. The topological polar surface area (TPSA) is 82.0 Å². The predicted molar refractivity (Wildman–Crippen MR) is 101 cm³/mol. The van der Waals surface area contributed by atoms with E-state index in [9.17, 15) is 8.42 Å². The zero-order chi connectivity index (χ0) is 19.3. The summed E-state index contributed by atoms with van der Waals surface area (Å²) in [5.74, 6) is 0.667. The lowest BCUT2D eigenvalue weighted by Crippen LogP contribution is -3.15. The Morgan fingerprint density at radius 2 is 2.07 bits per heavy atom. The van der Waals surface area contributed by atoms with Crippen LogP contribution in [0.4, 0.5) is 0 Å². The molecule has 1 aliphatic rings. The molecule has 2 heterocycles. The molecule has 0 spiro atoms. The minimum Gasteiger partial charge on any atom is -0.496 e. The van der Waals surface area contributed by atoms with Crippen molar-refractivity contribution in [1.82, 2.24) is 9.71 Å². The van der Waals surface area contributed by atoms with Gasteiger partial charge >= 0.3 is 0 Å². The van der Waals surface area contributed by atoms with E-state index < -0.39 is 10.0 Å². The lowest BCUT2D eigenvalue weighted by molar-refractivity contribution is -0.937. The van der Waals surface area contributed by atoms with Gasteiger partial charge in [-0.25, -0.2) is 13.1 Å². The Morgan fingerprint density at radius 3 is 2.70 bits per heavy atom. The van der Waals surface area contributed by atoms with Gasteiger partial charge in [-0.3, -0.25) is 4.98 Å². The number of hydrogen-bond acceptors (Lipinski definition) is 5. The van der Waals surface area contributed by atoms with Crippen LogP contribution in [0.15, 0.2) is 47.6 Å². The fourth-order valence-corrected chi connectivity index (χ4v) is 4.49. The lowest BCUT2D eigenvalue weighted by Gasteiger charge is -2.31. The highest BCUT2D eigenvalue weighted by Gasteiger charge is 2.28. The molecular weight excluding hydrogens is 366 g/mol. The van der Waals surface area contributed by atoms with Gasteiger partial charge in [-0.1, -0.05) is 0 Å². The lowest BCUT2D eigenvalue weighted by atomic mass is 10.1. The van der Waals surface area contributed by atoms with Crippen molar-refractivity contribution in [2.45, 2.75) is 17.9 Å². The average molecular weight is 393 g/mol. The molecule has 146 valence electrons. The molecule has 1 saturated heterocycles. The minimum absolute atomic E-state index is 0.0169. The summed E-state index contributed by atoms with van der Waals surface area (Å²) < 4.78 is 39.0. The normalized spacial score (nSPS) is 16.8. The van der Waals surface area contributed by atoms with Gasteiger partial charge in [-0.2, -0.15) is 0 Å². The fourth-order valence-electron chi connectivity index (χ4n) is 3.36. The number of hydrogen-bond donors (Lipinski definition) is 2. The van der Waals surface area contributed by atoms with Crippen molar-refractivity contribution < 1.29 is 22.8 Å². The second kappa shape index (κ2) is 8.79. The number of aryl methyl sites for hydroxylation is 1. The molecule has 1 aromatic carbocycles. The van der Waals surface area contributed by atoms with E-state index in [0.717, 1.165) is 24.2 Å². The first-order valence-electron chi connectivity index (χ1n) is 8.98. The summed E-state index contributed by atoms with van der Waals surface area (Å²) in [5, 5.41) is 0. The molecule has 0 amide bonds. The number of pyridine rings is 1. The van der Waals surface area contributed by atoms with Crippen LogP contribution in [0, 0.1) is 6.92 Å².